The van der Waals surface area contributed by atoms with E-state index in [1.165, 1.54) is 0 Å². The molecule has 2 aromatic rings. The second-order valence-corrected chi connectivity index (χ2v) is 4.52. The molecular weight excluding hydrogens is 218 g/mol. The lowest BCUT2D eigenvalue weighted by Gasteiger charge is -2.06. The first-order valence-corrected chi connectivity index (χ1v) is 6.30. The summed E-state index contributed by atoms with van der Waals surface area (Å²) in [6.07, 6.45) is 2.82. The van der Waals surface area contributed by atoms with Crippen molar-refractivity contribution in [2.24, 2.45) is 5.73 Å². The number of hydrogen-bond donors (Lipinski definition) is 1. The summed E-state index contributed by atoms with van der Waals surface area (Å²) in [5.41, 5.74) is 7.59. The smallest absolute Gasteiger partial charge is 0.0998 e. The van der Waals surface area contributed by atoms with Crippen LogP contribution in [0.15, 0.2) is 29.8 Å². The van der Waals surface area contributed by atoms with E-state index >= 15 is 0 Å². The van der Waals surface area contributed by atoms with E-state index in [9.17, 15) is 0 Å². The SMILES string of the molecule is CCC(CN)c1nc(-c2ccccn2)cs1. The first kappa shape index (κ1) is 11.2. The fourth-order valence-electron chi connectivity index (χ4n) is 1.55. The normalized spacial score (nSPS) is 12.6. The summed E-state index contributed by atoms with van der Waals surface area (Å²) in [5.74, 6) is 0.377. The third kappa shape index (κ3) is 2.28. The van der Waals surface area contributed by atoms with Crippen molar-refractivity contribution in [3.63, 3.8) is 0 Å². The van der Waals surface area contributed by atoms with Crippen LogP contribution < -0.4 is 5.73 Å². The van der Waals surface area contributed by atoms with Crippen molar-refractivity contribution < 1.29 is 0 Å². The van der Waals surface area contributed by atoms with Gasteiger partial charge in [0.25, 0.3) is 0 Å². The average Bonchev–Trinajstić information content (AvgIpc) is 2.81. The van der Waals surface area contributed by atoms with Crippen LogP contribution in [0.4, 0.5) is 0 Å². The van der Waals surface area contributed by atoms with Crippen molar-refractivity contribution in [2.45, 2.75) is 19.3 Å². The van der Waals surface area contributed by atoms with Gasteiger partial charge in [0.15, 0.2) is 0 Å². The van der Waals surface area contributed by atoms with Crippen LogP contribution in [-0.2, 0) is 0 Å². The molecule has 0 aliphatic carbocycles. The molecule has 84 valence electrons. The summed E-state index contributed by atoms with van der Waals surface area (Å²) in [5, 5.41) is 3.17. The van der Waals surface area contributed by atoms with Crippen LogP contribution in [0, 0.1) is 0 Å². The zero-order valence-electron chi connectivity index (χ0n) is 9.26. The summed E-state index contributed by atoms with van der Waals surface area (Å²) >= 11 is 1.67. The molecule has 4 heteroatoms. The van der Waals surface area contributed by atoms with Gasteiger partial charge in [-0.15, -0.1) is 11.3 Å². The van der Waals surface area contributed by atoms with Gasteiger partial charge in [-0.25, -0.2) is 4.98 Å². The van der Waals surface area contributed by atoms with Crippen molar-refractivity contribution in [1.29, 1.82) is 0 Å². The van der Waals surface area contributed by atoms with E-state index in [4.69, 9.17) is 5.73 Å². The van der Waals surface area contributed by atoms with E-state index in [1.807, 2.05) is 18.2 Å². The molecule has 3 nitrogen and oxygen atoms in total. The zero-order chi connectivity index (χ0) is 11.4. The second kappa shape index (κ2) is 5.18. The highest BCUT2D eigenvalue weighted by Crippen LogP contribution is 2.26. The van der Waals surface area contributed by atoms with E-state index in [0.717, 1.165) is 22.8 Å². The van der Waals surface area contributed by atoms with Gasteiger partial charge in [-0.2, -0.15) is 0 Å². The number of thiazole rings is 1. The molecule has 0 spiro atoms. The minimum Gasteiger partial charge on any atom is -0.330 e. The molecule has 0 saturated heterocycles. The minimum atomic E-state index is 0.377. The molecule has 0 amide bonds. The lowest BCUT2D eigenvalue weighted by molar-refractivity contribution is 0.670. The van der Waals surface area contributed by atoms with Crippen molar-refractivity contribution in [1.82, 2.24) is 9.97 Å². The van der Waals surface area contributed by atoms with Crippen molar-refractivity contribution in [3.05, 3.63) is 34.8 Å². The van der Waals surface area contributed by atoms with Crippen LogP contribution >= 0.6 is 11.3 Å². The largest absolute Gasteiger partial charge is 0.330 e. The minimum absolute atomic E-state index is 0.377. The molecule has 1 unspecified atom stereocenters. The molecule has 0 saturated carbocycles. The Labute approximate surface area is 99.4 Å². The van der Waals surface area contributed by atoms with Crippen LogP contribution in [0.25, 0.3) is 11.4 Å². The third-order valence-electron chi connectivity index (χ3n) is 2.58. The topological polar surface area (TPSA) is 51.8 Å². The van der Waals surface area contributed by atoms with Crippen LogP contribution in [0.3, 0.4) is 0 Å². The van der Waals surface area contributed by atoms with E-state index in [-0.39, 0.29) is 0 Å². The zero-order valence-corrected chi connectivity index (χ0v) is 10.1. The molecule has 0 aliphatic rings. The Bertz CT molecular complexity index is 435. The molecule has 16 heavy (non-hydrogen) atoms. The molecule has 0 bridgehead atoms. The predicted molar refractivity (Wildman–Crippen MR) is 67.4 cm³/mol. The Morgan fingerprint density at radius 1 is 1.38 bits per heavy atom. The quantitative estimate of drug-likeness (QED) is 0.883. The number of nitrogens with zero attached hydrogens (tertiary/aromatic N) is 2. The van der Waals surface area contributed by atoms with Gasteiger partial charge >= 0.3 is 0 Å². The van der Waals surface area contributed by atoms with Crippen LogP contribution in [-0.4, -0.2) is 16.5 Å². The Morgan fingerprint density at radius 3 is 2.88 bits per heavy atom. The molecule has 0 aliphatic heterocycles. The number of rotatable bonds is 4. The number of pyridine rings is 1. The standard InChI is InChI=1S/C12H15N3S/c1-2-9(7-13)12-15-11(8-16-12)10-5-3-4-6-14-10/h3-6,8-9H,2,7,13H2,1H3. The van der Waals surface area contributed by atoms with Gasteiger partial charge in [-0.3, -0.25) is 4.98 Å². The van der Waals surface area contributed by atoms with E-state index in [1.54, 1.807) is 17.5 Å². The summed E-state index contributed by atoms with van der Waals surface area (Å²) in [4.78, 5) is 8.88. The van der Waals surface area contributed by atoms with Gasteiger partial charge in [0.05, 0.1) is 16.4 Å². The molecule has 0 fully saturated rings. The Balaban J connectivity index is 2.26. The van der Waals surface area contributed by atoms with Gasteiger partial charge in [0.1, 0.15) is 0 Å². The molecule has 2 heterocycles. The highest BCUT2D eigenvalue weighted by atomic mass is 32.1. The van der Waals surface area contributed by atoms with Crippen LogP contribution in [0.1, 0.15) is 24.3 Å². The Morgan fingerprint density at radius 2 is 2.25 bits per heavy atom. The van der Waals surface area contributed by atoms with Crippen molar-refractivity contribution >= 4 is 11.3 Å². The van der Waals surface area contributed by atoms with Crippen LogP contribution in [0.5, 0.6) is 0 Å². The van der Waals surface area contributed by atoms with Crippen molar-refractivity contribution in [2.75, 3.05) is 6.54 Å². The maximum Gasteiger partial charge on any atom is 0.0998 e. The molecule has 0 aromatic carbocycles. The number of aromatic nitrogens is 2. The van der Waals surface area contributed by atoms with Crippen molar-refractivity contribution in [3.8, 4) is 11.4 Å². The van der Waals surface area contributed by atoms with Gasteiger partial charge < -0.3 is 5.73 Å². The highest BCUT2D eigenvalue weighted by Gasteiger charge is 2.12. The molecule has 2 aromatic heterocycles. The fourth-order valence-corrected chi connectivity index (χ4v) is 2.56. The summed E-state index contributed by atoms with van der Waals surface area (Å²) in [7, 11) is 0. The third-order valence-corrected chi connectivity index (χ3v) is 3.58. The number of hydrogen-bond acceptors (Lipinski definition) is 4. The highest BCUT2D eigenvalue weighted by molar-refractivity contribution is 7.10. The molecule has 0 radical (unpaired) electrons. The maximum absolute atomic E-state index is 5.71. The van der Waals surface area contributed by atoms with Gasteiger partial charge in [-0.1, -0.05) is 13.0 Å². The molecule has 1 atom stereocenters. The van der Waals surface area contributed by atoms with Gasteiger partial charge in [-0.05, 0) is 18.6 Å². The first-order valence-electron chi connectivity index (χ1n) is 5.42. The average molecular weight is 233 g/mol. The Hall–Kier alpha value is -1.26. The lowest BCUT2D eigenvalue weighted by atomic mass is 10.1. The molecule has 2 N–H and O–H groups in total. The van der Waals surface area contributed by atoms with E-state index < -0.39 is 0 Å². The molecule has 2 rings (SSSR count). The fraction of sp³-hybridized carbons (Fsp3) is 0.333. The van der Waals surface area contributed by atoms with E-state index in [2.05, 4.69) is 22.3 Å². The summed E-state index contributed by atoms with van der Waals surface area (Å²) in [6.45, 7) is 2.80. The Kier molecular flexibility index (Phi) is 3.64. The first-order chi connectivity index (χ1) is 7.85. The maximum atomic E-state index is 5.71. The number of nitrogens with two attached hydrogens (primary N) is 1. The van der Waals surface area contributed by atoms with Gasteiger partial charge in [0.2, 0.25) is 0 Å². The summed E-state index contributed by atoms with van der Waals surface area (Å²) < 4.78 is 0. The monoisotopic (exact) mass is 233 g/mol. The second-order valence-electron chi connectivity index (χ2n) is 3.63. The van der Waals surface area contributed by atoms with Gasteiger partial charge in [0, 0.05) is 24.0 Å². The summed E-state index contributed by atoms with van der Waals surface area (Å²) in [6, 6.07) is 5.86. The molecular formula is C12H15N3S. The predicted octanol–water partition coefficient (Wildman–Crippen LogP) is 2.66. The van der Waals surface area contributed by atoms with E-state index in [0.29, 0.717) is 12.5 Å². The van der Waals surface area contributed by atoms with Crippen LogP contribution in [0.2, 0.25) is 0 Å². The lowest BCUT2D eigenvalue weighted by Crippen LogP contribution is -2.11.